The molecule has 0 amide bonds. The van der Waals surface area contributed by atoms with E-state index >= 15 is 0 Å². The molecule has 1 aromatic heterocycles. The Morgan fingerprint density at radius 1 is 1.41 bits per heavy atom. The van der Waals surface area contributed by atoms with E-state index in [2.05, 4.69) is 28.2 Å². The van der Waals surface area contributed by atoms with Gasteiger partial charge in [-0.05, 0) is 37.7 Å². The summed E-state index contributed by atoms with van der Waals surface area (Å²) in [5.74, 6) is 0.641. The number of hydrogen-bond donors (Lipinski definition) is 1. The smallest absolute Gasteiger partial charge is 0.0774 e. The Morgan fingerprint density at radius 2 is 2.35 bits per heavy atom. The van der Waals surface area contributed by atoms with Gasteiger partial charge in [0.2, 0.25) is 0 Å². The van der Waals surface area contributed by atoms with Crippen LogP contribution in [-0.4, -0.2) is 35.6 Å². The van der Waals surface area contributed by atoms with Crippen LogP contribution in [0.5, 0.6) is 0 Å². The zero-order valence-electron chi connectivity index (χ0n) is 10.4. The summed E-state index contributed by atoms with van der Waals surface area (Å²) in [6.45, 7) is 5.05. The summed E-state index contributed by atoms with van der Waals surface area (Å²) >= 11 is 0. The Kier molecular flexibility index (Phi) is 3.16. The van der Waals surface area contributed by atoms with Crippen LogP contribution in [0.1, 0.15) is 43.7 Å². The molecule has 3 heterocycles. The number of nitrogens with one attached hydrogen (secondary N) is 1. The third-order valence-corrected chi connectivity index (χ3v) is 4.03. The lowest BCUT2D eigenvalue weighted by Crippen LogP contribution is -2.35. The Morgan fingerprint density at radius 3 is 3.06 bits per heavy atom. The second-order valence-electron chi connectivity index (χ2n) is 5.35. The first kappa shape index (κ1) is 11.2. The highest BCUT2D eigenvalue weighted by atomic mass is 16.5. The van der Waals surface area contributed by atoms with Crippen LogP contribution in [0, 0.1) is 0 Å². The third kappa shape index (κ3) is 2.38. The molecular weight excluding hydrogens is 214 g/mol. The highest BCUT2D eigenvalue weighted by Gasteiger charge is 2.23. The van der Waals surface area contributed by atoms with Gasteiger partial charge >= 0.3 is 0 Å². The molecule has 2 aliphatic heterocycles. The number of ether oxygens (including phenoxy) is 1. The predicted molar refractivity (Wildman–Crippen MR) is 66.1 cm³/mol. The minimum atomic E-state index is 0.458. The van der Waals surface area contributed by atoms with Crippen LogP contribution in [0.2, 0.25) is 0 Å². The minimum absolute atomic E-state index is 0.458. The summed E-state index contributed by atoms with van der Waals surface area (Å²) in [5.41, 5.74) is 1.39. The number of aromatic nitrogens is 2. The average molecular weight is 235 g/mol. The predicted octanol–water partition coefficient (Wildman–Crippen LogP) is 1.70. The summed E-state index contributed by atoms with van der Waals surface area (Å²) in [5, 5.41) is 8.05. The Labute approximate surface area is 102 Å². The van der Waals surface area contributed by atoms with Crippen LogP contribution in [-0.2, 0) is 4.74 Å². The second-order valence-corrected chi connectivity index (χ2v) is 5.35. The van der Waals surface area contributed by atoms with E-state index in [4.69, 9.17) is 4.74 Å². The van der Waals surface area contributed by atoms with Crippen molar-refractivity contribution in [3.63, 3.8) is 0 Å². The molecule has 1 unspecified atom stereocenters. The first-order valence-corrected chi connectivity index (χ1v) is 6.68. The minimum Gasteiger partial charge on any atom is -0.379 e. The van der Waals surface area contributed by atoms with Gasteiger partial charge in [-0.1, -0.05) is 0 Å². The lowest BCUT2D eigenvalue weighted by atomic mass is 9.91. The number of rotatable bonds is 2. The zero-order valence-corrected chi connectivity index (χ0v) is 10.4. The normalized spacial score (nSPS) is 34.1. The zero-order chi connectivity index (χ0) is 11.7. The molecule has 0 radical (unpaired) electrons. The van der Waals surface area contributed by atoms with Crippen molar-refractivity contribution < 1.29 is 4.74 Å². The molecule has 17 heavy (non-hydrogen) atoms. The van der Waals surface area contributed by atoms with Gasteiger partial charge in [0.25, 0.3) is 0 Å². The highest BCUT2D eigenvalue weighted by Crippen LogP contribution is 2.26. The Bertz CT molecular complexity index is 362. The van der Waals surface area contributed by atoms with Gasteiger partial charge in [0.05, 0.1) is 18.8 Å². The van der Waals surface area contributed by atoms with Gasteiger partial charge in [-0.3, -0.25) is 4.68 Å². The summed E-state index contributed by atoms with van der Waals surface area (Å²) in [7, 11) is 0. The molecule has 2 fully saturated rings. The average Bonchev–Trinajstić information content (AvgIpc) is 3.00. The van der Waals surface area contributed by atoms with Crippen LogP contribution in [0.15, 0.2) is 12.4 Å². The van der Waals surface area contributed by atoms with E-state index < -0.39 is 0 Å². The molecular formula is C13H21N3O. The van der Waals surface area contributed by atoms with E-state index in [1.807, 2.05) is 6.20 Å². The van der Waals surface area contributed by atoms with E-state index in [0.29, 0.717) is 18.0 Å². The van der Waals surface area contributed by atoms with Gasteiger partial charge in [0.1, 0.15) is 0 Å². The molecule has 0 bridgehead atoms. The van der Waals surface area contributed by atoms with Crippen LogP contribution in [0.25, 0.3) is 0 Å². The Balaban J connectivity index is 1.67. The summed E-state index contributed by atoms with van der Waals surface area (Å²) in [6.07, 6.45) is 7.91. The van der Waals surface area contributed by atoms with Crippen LogP contribution in [0.4, 0.5) is 0 Å². The second kappa shape index (κ2) is 4.78. The molecule has 94 valence electrons. The molecule has 3 rings (SSSR count). The monoisotopic (exact) mass is 235 g/mol. The van der Waals surface area contributed by atoms with Crippen molar-refractivity contribution in [1.29, 1.82) is 0 Å². The van der Waals surface area contributed by atoms with Gasteiger partial charge in [-0.25, -0.2) is 0 Å². The molecule has 1 aromatic rings. The molecule has 2 aliphatic rings. The molecule has 3 atom stereocenters. The lowest BCUT2D eigenvalue weighted by Gasteiger charge is -2.26. The molecule has 0 spiro atoms. The van der Waals surface area contributed by atoms with E-state index in [9.17, 15) is 0 Å². The van der Waals surface area contributed by atoms with Crippen LogP contribution >= 0.6 is 0 Å². The van der Waals surface area contributed by atoms with E-state index in [1.165, 1.54) is 18.4 Å². The van der Waals surface area contributed by atoms with E-state index in [0.717, 1.165) is 26.2 Å². The number of piperidine rings is 1. The lowest BCUT2D eigenvalue weighted by molar-refractivity contribution is 0.184. The Hall–Kier alpha value is -0.870. The molecule has 0 aromatic carbocycles. The van der Waals surface area contributed by atoms with Crippen LogP contribution in [0.3, 0.4) is 0 Å². The fourth-order valence-electron chi connectivity index (χ4n) is 2.78. The van der Waals surface area contributed by atoms with Gasteiger partial charge < -0.3 is 10.1 Å². The highest BCUT2D eigenvalue weighted by molar-refractivity contribution is 5.13. The quantitative estimate of drug-likeness (QED) is 0.848. The maximum absolute atomic E-state index is 5.41. The van der Waals surface area contributed by atoms with E-state index in [1.54, 1.807) is 0 Å². The summed E-state index contributed by atoms with van der Waals surface area (Å²) < 4.78 is 7.50. The van der Waals surface area contributed by atoms with Crippen molar-refractivity contribution in [2.75, 3.05) is 19.8 Å². The number of nitrogens with zero attached hydrogens (tertiary/aromatic N) is 2. The summed E-state index contributed by atoms with van der Waals surface area (Å²) in [6, 6.07) is 1.13. The maximum Gasteiger partial charge on any atom is 0.0774 e. The van der Waals surface area contributed by atoms with Crippen LogP contribution < -0.4 is 5.32 Å². The first-order valence-electron chi connectivity index (χ1n) is 6.68. The first-order chi connectivity index (χ1) is 8.33. The van der Waals surface area contributed by atoms with Gasteiger partial charge in [0.15, 0.2) is 0 Å². The number of hydrogen-bond acceptors (Lipinski definition) is 3. The van der Waals surface area contributed by atoms with Crippen molar-refractivity contribution in [2.24, 2.45) is 0 Å². The topological polar surface area (TPSA) is 39.1 Å². The maximum atomic E-state index is 5.41. The van der Waals surface area contributed by atoms with Crippen molar-refractivity contribution in [3.8, 4) is 0 Å². The fraction of sp³-hybridized carbons (Fsp3) is 0.769. The SMILES string of the molecule is C[C@@H]1CC[C@@H](c2cnn(C3CCOC3)c2)CN1. The molecule has 2 saturated heterocycles. The molecule has 4 nitrogen and oxygen atoms in total. The summed E-state index contributed by atoms with van der Waals surface area (Å²) in [4.78, 5) is 0. The van der Waals surface area contributed by atoms with Crippen molar-refractivity contribution >= 4 is 0 Å². The van der Waals surface area contributed by atoms with Gasteiger partial charge in [0, 0.05) is 25.4 Å². The fourth-order valence-corrected chi connectivity index (χ4v) is 2.78. The van der Waals surface area contributed by atoms with Crippen molar-refractivity contribution in [3.05, 3.63) is 18.0 Å². The third-order valence-electron chi connectivity index (χ3n) is 4.03. The van der Waals surface area contributed by atoms with Gasteiger partial charge in [-0.15, -0.1) is 0 Å². The van der Waals surface area contributed by atoms with E-state index in [-0.39, 0.29) is 0 Å². The molecule has 1 N–H and O–H groups in total. The van der Waals surface area contributed by atoms with Gasteiger partial charge in [-0.2, -0.15) is 5.10 Å². The largest absolute Gasteiger partial charge is 0.379 e. The standard InChI is InChI=1S/C13H21N3O/c1-10-2-3-11(6-14-10)12-7-15-16(8-12)13-4-5-17-9-13/h7-8,10-11,13-14H,2-6,9H2,1H3/t10-,11-,13?/m1/s1. The molecule has 4 heteroatoms. The van der Waals surface area contributed by atoms with Crippen molar-refractivity contribution in [2.45, 2.75) is 44.2 Å². The molecule has 0 aliphatic carbocycles. The molecule has 0 saturated carbocycles. The van der Waals surface area contributed by atoms with Crippen molar-refractivity contribution in [1.82, 2.24) is 15.1 Å².